The number of hydrogen-bond donors (Lipinski definition) is 0. The molecular weight excluding hydrogens is 156 g/mol. The highest BCUT2D eigenvalue weighted by Gasteiger charge is 1.97. The molecule has 0 aliphatic rings. The van der Waals surface area contributed by atoms with Crippen molar-refractivity contribution < 1.29 is 4.55 Å². The Hall–Kier alpha value is 0.0800. The molecule has 0 aliphatic carbocycles. The molecule has 3 heteroatoms. The molecule has 0 aromatic heterocycles. The topological polar surface area (TPSA) is 23.1 Å². The third-order valence-corrected chi connectivity index (χ3v) is 1.81. The van der Waals surface area contributed by atoms with Crippen molar-refractivity contribution in [3.05, 3.63) is 23.6 Å². The van der Waals surface area contributed by atoms with Gasteiger partial charge < -0.3 is 4.55 Å². The minimum Gasteiger partial charge on any atom is -0.612 e. The van der Waals surface area contributed by atoms with Crippen molar-refractivity contribution in [3.8, 4) is 0 Å². The van der Waals surface area contributed by atoms with E-state index in [1.165, 1.54) is 0 Å². The van der Waals surface area contributed by atoms with Gasteiger partial charge in [-0.3, -0.25) is 0 Å². The smallest absolute Gasteiger partial charge is 0.144 e. The van der Waals surface area contributed by atoms with Gasteiger partial charge in [-0.25, -0.2) is 0 Å². The Balaban J connectivity index is 3.63. The first kappa shape index (κ1) is 9.08. The molecule has 9 heavy (non-hydrogen) atoms. The number of rotatable bonds is 3. The fourth-order valence-corrected chi connectivity index (χ4v) is 0.649. The summed E-state index contributed by atoms with van der Waals surface area (Å²) in [6.45, 7) is 3.55. The van der Waals surface area contributed by atoms with Crippen molar-refractivity contribution in [1.29, 1.82) is 0 Å². The van der Waals surface area contributed by atoms with E-state index in [0.29, 0.717) is 10.8 Å². The normalized spacial score (nSPS) is 14.1. The van der Waals surface area contributed by atoms with Crippen molar-refractivity contribution >= 4 is 22.8 Å². The van der Waals surface area contributed by atoms with Gasteiger partial charge >= 0.3 is 0 Å². The fraction of sp³-hybridized carbons (Fsp3) is 0.333. The summed E-state index contributed by atoms with van der Waals surface area (Å²) in [7, 11) is 0. The maximum Gasteiger partial charge on any atom is 0.144 e. The molecule has 1 nitrogen and oxygen atoms in total. The van der Waals surface area contributed by atoms with Crippen molar-refractivity contribution in [3.63, 3.8) is 0 Å². The van der Waals surface area contributed by atoms with Crippen LogP contribution in [0.15, 0.2) is 23.6 Å². The molecule has 0 heterocycles. The minimum atomic E-state index is -0.952. The average molecular weight is 165 g/mol. The summed E-state index contributed by atoms with van der Waals surface area (Å²) in [5, 5.41) is 0. The Morgan fingerprint density at radius 3 is 2.78 bits per heavy atom. The molecule has 0 spiro atoms. The zero-order chi connectivity index (χ0) is 7.28. The summed E-state index contributed by atoms with van der Waals surface area (Å²) < 4.78 is 10.6. The van der Waals surface area contributed by atoms with Crippen molar-refractivity contribution in [2.45, 2.75) is 0 Å². The predicted molar refractivity (Wildman–Crippen MR) is 43.1 cm³/mol. The highest BCUT2D eigenvalue weighted by molar-refractivity contribution is 7.94. The number of halogens is 1. The van der Waals surface area contributed by atoms with Crippen LogP contribution in [0.3, 0.4) is 0 Å². The van der Waals surface area contributed by atoms with E-state index >= 15 is 0 Å². The van der Waals surface area contributed by atoms with Crippen molar-refractivity contribution in [1.82, 2.24) is 0 Å². The monoisotopic (exact) mass is 164 g/mol. The first-order chi connectivity index (χ1) is 4.18. The Bertz CT molecular complexity index is 120. The molecular formula is C6H9ClOS. The minimum absolute atomic E-state index is 0.441. The van der Waals surface area contributed by atoms with E-state index in [9.17, 15) is 4.55 Å². The van der Waals surface area contributed by atoms with Gasteiger partial charge in [0, 0.05) is 5.88 Å². The SMILES string of the molecule is C=C(/C=C\CCl)[S@+](C)[O-]. The third kappa shape index (κ3) is 4.58. The standard InChI is InChI=1S/C6H9ClOS/c1-6(9(2)8)4-3-5-7/h3-4H,1,5H2,2H3/b4-3-/t9-/m0/s1. The molecule has 0 radical (unpaired) electrons. The molecule has 0 aliphatic heterocycles. The maximum atomic E-state index is 10.6. The first-order valence-corrected chi connectivity index (χ1v) is 4.52. The molecule has 0 amide bonds. The van der Waals surface area contributed by atoms with E-state index in [-0.39, 0.29) is 0 Å². The molecule has 0 rings (SSSR count). The van der Waals surface area contributed by atoms with E-state index in [1.54, 1.807) is 18.4 Å². The largest absolute Gasteiger partial charge is 0.612 e. The molecule has 0 saturated heterocycles. The summed E-state index contributed by atoms with van der Waals surface area (Å²) in [4.78, 5) is 0.607. The van der Waals surface area contributed by atoms with Crippen LogP contribution < -0.4 is 0 Å². The Morgan fingerprint density at radius 1 is 1.89 bits per heavy atom. The second-order valence-electron chi connectivity index (χ2n) is 1.48. The molecule has 1 atom stereocenters. The van der Waals surface area contributed by atoms with Crippen LogP contribution in [0.4, 0.5) is 0 Å². The zero-order valence-corrected chi connectivity index (χ0v) is 6.84. The van der Waals surface area contributed by atoms with Gasteiger partial charge in [-0.2, -0.15) is 0 Å². The Labute approximate surface area is 63.6 Å². The highest BCUT2D eigenvalue weighted by Crippen LogP contribution is 2.01. The van der Waals surface area contributed by atoms with Gasteiger partial charge in [-0.1, -0.05) is 6.08 Å². The zero-order valence-electron chi connectivity index (χ0n) is 5.26. The van der Waals surface area contributed by atoms with E-state index in [1.807, 2.05) is 0 Å². The van der Waals surface area contributed by atoms with Gasteiger partial charge in [0.1, 0.15) is 11.2 Å². The number of alkyl halides is 1. The molecule has 0 fully saturated rings. The van der Waals surface area contributed by atoms with Gasteiger partial charge in [-0.15, -0.1) is 11.6 Å². The molecule has 0 bridgehead atoms. The lowest BCUT2D eigenvalue weighted by atomic mass is 10.5. The summed E-state index contributed by atoms with van der Waals surface area (Å²) in [5.74, 6) is 0.441. The van der Waals surface area contributed by atoms with Crippen LogP contribution in [0.1, 0.15) is 0 Å². The molecule has 0 aromatic carbocycles. The van der Waals surface area contributed by atoms with Crippen LogP contribution >= 0.6 is 11.6 Å². The summed E-state index contributed by atoms with van der Waals surface area (Å²) in [6, 6.07) is 0. The van der Waals surface area contributed by atoms with Gasteiger partial charge in [0.05, 0.1) is 0 Å². The Kier molecular flexibility index (Phi) is 4.96. The van der Waals surface area contributed by atoms with Crippen molar-refractivity contribution in [2.75, 3.05) is 12.1 Å². The molecule has 52 valence electrons. The van der Waals surface area contributed by atoms with Crippen LogP contribution in [0.2, 0.25) is 0 Å². The van der Waals surface area contributed by atoms with Crippen LogP contribution in [0.25, 0.3) is 0 Å². The lowest BCUT2D eigenvalue weighted by Gasteiger charge is -2.00. The number of allylic oxidation sites excluding steroid dienone is 2. The van der Waals surface area contributed by atoms with E-state index in [0.717, 1.165) is 0 Å². The first-order valence-electron chi connectivity index (χ1n) is 2.43. The second kappa shape index (κ2) is 4.91. The third-order valence-electron chi connectivity index (χ3n) is 0.762. The van der Waals surface area contributed by atoms with Gasteiger partial charge in [0.25, 0.3) is 0 Å². The highest BCUT2D eigenvalue weighted by atomic mass is 35.5. The molecule has 0 unspecified atom stereocenters. The fourth-order valence-electron chi connectivity index (χ4n) is 0.272. The van der Waals surface area contributed by atoms with E-state index < -0.39 is 11.2 Å². The van der Waals surface area contributed by atoms with Crippen LogP contribution in [-0.4, -0.2) is 16.7 Å². The van der Waals surface area contributed by atoms with Gasteiger partial charge in [-0.05, 0) is 23.8 Å². The average Bonchev–Trinajstić information content (AvgIpc) is 1.82. The summed E-state index contributed by atoms with van der Waals surface area (Å²) >= 11 is 4.37. The van der Waals surface area contributed by atoms with E-state index in [4.69, 9.17) is 11.6 Å². The maximum absolute atomic E-state index is 10.6. The predicted octanol–water partition coefficient (Wildman–Crippen LogP) is 1.67. The van der Waals surface area contributed by atoms with Crippen LogP contribution in [-0.2, 0) is 11.2 Å². The summed E-state index contributed by atoms with van der Waals surface area (Å²) in [6.07, 6.45) is 4.97. The van der Waals surface area contributed by atoms with E-state index in [2.05, 4.69) is 6.58 Å². The molecule has 0 saturated carbocycles. The number of hydrogen-bond acceptors (Lipinski definition) is 1. The molecule has 0 aromatic rings. The van der Waals surface area contributed by atoms with Gasteiger partial charge in [0.2, 0.25) is 0 Å². The lowest BCUT2D eigenvalue weighted by molar-refractivity contribution is 0.607. The Morgan fingerprint density at radius 2 is 2.44 bits per heavy atom. The quantitative estimate of drug-likeness (QED) is 0.354. The summed E-state index contributed by atoms with van der Waals surface area (Å²) in [5.41, 5.74) is 0. The second-order valence-corrected chi connectivity index (χ2v) is 3.22. The van der Waals surface area contributed by atoms with Crippen LogP contribution in [0.5, 0.6) is 0 Å². The molecule has 0 N–H and O–H groups in total. The lowest BCUT2D eigenvalue weighted by Crippen LogP contribution is -1.96. The van der Waals surface area contributed by atoms with Gasteiger partial charge in [0.15, 0.2) is 0 Å². The van der Waals surface area contributed by atoms with Crippen LogP contribution in [0, 0.1) is 0 Å². The van der Waals surface area contributed by atoms with Crippen molar-refractivity contribution in [2.24, 2.45) is 0 Å².